The van der Waals surface area contributed by atoms with Crippen molar-refractivity contribution < 1.29 is 4.79 Å². The Balaban J connectivity index is 1.60. The van der Waals surface area contributed by atoms with E-state index in [0.29, 0.717) is 13.1 Å². The van der Waals surface area contributed by atoms with Crippen LogP contribution in [-0.2, 0) is 6.54 Å². The summed E-state index contributed by atoms with van der Waals surface area (Å²) in [6.45, 7) is 4.96. The number of hydrogen-bond donors (Lipinski definition) is 2. The van der Waals surface area contributed by atoms with Gasteiger partial charge in [0, 0.05) is 46.2 Å². The van der Waals surface area contributed by atoms with Crippen LogP contribution >= 0.6 is 27.9 Å². The predicted octanol–water partition coefficient (Wildman–Crippen LogP) is 5.87. The molecule has 1 heterocycles. The summed E-state index contributed by atoms with van der Waals surface area (Å²) >= 11 is 5.22. The molecule has 0 atom stereocenters. The maximum Gasteiger partial charge on any atom is 0.319 e. The molecule has 2 aromatic carbocycles. The quantitative estimate of drug-likeness (QED) is 0.320. The highest BCUT2D eigenvalue weighted by Crippen LogP contribution is 2.33. The summed E-state index contributed by atoms with van der Waals surface area (Å²) in [6, 6.07) is 19.3. The molecule has 29 heavy (non-hydrogen) atoms. The molecule has 3 aromatic rings. The lowest BCUT2D eigenvalue weighted by Crippen LogP contribution is -2.28. The Morgan fingerprint density at radius 2 is 1.93 bits per heavy atom. The van der Waals surface area contributed by atoms with Gasteiger partial charge in [0.1, 0.15) is 0 Å². The highest BCUT2D eigenvalue weighted by atomic mass is 79.9. The van der Waals surface area contributed by atoms with Crippen LogP contribution in [0.2, 0.25) is 0 Å². The zero-order chi connectivity index (χ0) is 20.5. The molecule has 2 N–H and O–H groups in total. The van der Waals surface area contributed by atoms with Gasteiger partial charge in [-0.15, -0.1) is 6.58 Å². The fraction of sp³-hybridized carbons (Fsp3) is 0.0909. The maximum absolute atomic E-state index is 12.1. The molecule has 0 aliphatic rings. The third-order valence-corrected chi connectivity index (χ3v) is 6.02. The minimum absolute atomic E-state index is 0.257. The number of halogens is 1. The van der Waals surface area contributed by atoms with Crippen LogP contribution in [0.15, 0.2) is 95.1 Å². The van der Waals surface area contributed by atoms with Crippen LogP contribution in [-0.4, -0.2) is 17.6 Å². The molecular weight excluding hydrogens is 448 g/mol. The van der Waals surface area contributed by atoms with Gasteiger partial charge in [-0.25, -0.2) is 4.79 Å². The average Bonchev–Trinajstić information content (AvgIpc) is 2.75. The minimum Gasteiger partial charge on any atom is -0.334 e. The Morgan fingerprint density at radius 1 is 1.14 bits per heavy atom. The van der Waals surface area contributed by atoms with E-state index in [1.165, 1.54) is 0 Å². The van der Waals surface area contributed by atoms with Crippen molar-refractivity contribution in [1.82, 2.24) is 10.3 Å². The molecular formula is C22H21BrN4OS. The molecule has 7 heteroatoms. The van der Waals surface area contributed by atoms with Crippen molar-refractivity contribution >= 4 is 45.3 Å². The van der Waals surface area contributed by atoms with Gasteiger partial charge in [0.15, 0.2) is 0 Å². The van der Waals surface area contributed by atoms with Crippen molar-refractivity contribution in [1.29, 1.82) is 0 Å². The molecule has 148 valence electrons. The Bertz CT molecular complexity index is 951. The average molecular weight is 469 g/mol. The summed E-state index contributed by atoms with van der Waals surface area (Å²) in [5.41, 5.74) is 2.69. The number of rotatable bonds is 8. The van der Waals surface area contributed by atoms with Gasteiger partial charge >= 0.3 is 6.03 Å². The number of benzene rings is 2. The number of aromatic nitrogens is 1. The number of pyridine rings is 1. The van der Waals surface area contributed by atoms with Gasteiger partial charge in [-0.1, -0.05) is 24.3 Å². The molecule has 0 aliphatic heterocycles. The first-order valence-electron chi connectivity index (χ1n) is 9.00. The third-order valence-electron chi connectivity index (χ3n) is 3.93. The van der Waals surface area contributed by atoms with Crippen molar-refractivity contribution in [2.24, 2.45) is 0 Å². The molecule has 0 fully saturated rings. The van der Waals surface area contributed by atoms with Gasteiger partial charge in [-0.3, -0.25) is 4.98 Å². The first-order valence-corrected chi connectivity index (χ1v) is 10.6. The van der Waals surface area contributed by atoms with E-state index in [2.05, 4.69) is 48.5 Å². The summed E-state index contributed by atoms with van der Waals surface area (Å²) in [5.74, 6) is 0. The fourth-order valence-electron chi connectivity index (χ4n) is 2.52. The van der Waals surface area contributed by atoms with Crippen molar-refractivity contribution in [2.45, 2.75) is 11.4 Å². The van der Waals surface area contributed by atoms with Gasteiger partial charge in [0.2, 0.25) is 0 Å². The lowest BCUT2D eigenvalue weighted by Gasteiger charge is -2.22. The molecule has 0 spiro atoms. The van der Waals surface area contributed by atoms with E-state index < -0.39 is 0 Å². The van der Waals surface area contributed by atoms with E-state index in [-0.39, 0.29) is 6.03 Å². The topological polar surface area (TPSA) is 57.3 Å². The zero-order valence-electron chi connectivity index (χ0n) is 15.7. The van der Waals surface area contributed by atoms with E-state index in [4.69, 9.17) is 0 Å². The largest absolute Gasteiger partial charge is 0.334 e. The van der Waals surface area contributed by atoms with Crippen LogP contribution < -0.4 is 14.9 Å². The van der Waals surface area contributed by atoms with Crippen LogP contribution in [0.4, 0.5) is 16.2 Å². The number of amides is 2. The minimum atomic E-state index is -0.257. The number of urea groups is 1. The van der Waals surface area contributed by atoms with E-state index >= 15 is 0 Å². The molecule has 0 unspecified atom stereocenters. The van der Waals surface area contributed by atoms with Crippen molar-refractivity contribution in [3.05, 3.63) is 95.7 Å². The maximum atomic E-state index is 12.1. The van der Waals surface area contributed by atoms with Gasteiger partial charge in [0.25, 0.3) is 0 Å². The van der Waals surface area contributed by atoms with E-state index in [1.54, 1.807) is 24.3 Å². The number of carbonyl (C=O) groups is 1. The third kappa shape index (κ3) is 6.37. The second-order valence-corrected chi connectivity index (χ2v) is 8.00. The van der Waals surface area contributed by atoms with Gasteiger partial charge in [-0.05, 0) is 75.9 Å². The second-order valence-electron chi connectivity index (χ2n) is 6.09. The van der Waals surface area contributed by atoms with E-state index in [0.717, 1.165) is 26.3 Å². The molecule has 2 amide bonds. The van der Waals surface area contributed by atoms with E-state index in [9.17, 15) is 4.79 Å². The highest BCUT2D eigenvalue weighted by molar-refractivity contribution is 9.10. The monoisotopic (exact) mass is 468 g/mol. The van der Waals surface area contributed by atoms with Crippen LogP contribution in [0.25, 0.3) is 0 Å². The van der Waals surface area contributed by atoms with Gasteiger partial charge in [0.05, 0.1) is 0 Å². The normalized spacial score (nSPS) is 10.2. The summed E-state index contributed by atoms with van der Waals surface area (Å²) in [6.07, 6.45) is 5.30. The molecule has 0 bridgehead atoms. The van der Waals surface area contributed by atoms with Gasteiger partial charge < -0.3 is 14.9 Å². The van der Waals surface area contributed by atoms with Crippen molar-refractivity contribution in [2.75, 3.05) is 16.2 Å². The second kappa shape index (κ2) is 10.7. The summed E-state index contributed by atoms with van der Waals surface area (Å²) in [4.78, 5) is 17.3. The number of carbonyl (C=O) groups excluding carboxylic acids is 1. The predicted molar refractivity (Wildman–Crippen MR) is 124 cm³/mol. The summed E-state index contributed by atoms with van der Waals surface area (Å²) in [7, 11) is 0. The van der Waals surface area contributed by atoms with Crippen molar-refractivity contribution in [3.8, 4) is 0 Å². The molecule has 1 aromatic heterocycles. The molecule has 5 nitrogen and oxygen atoms in total. The fourth-order valence-corrected chi connectivity index (χ4v) is 3.96. The van der Waals surface area contributed by atoms with Crippen molar-refractivity contribution in [3.63, 3.8) is 0 Å². The Kier molecular flexibility index (Phi) is 7.72. The molecule has 3 rings (SSSR count). The van der Waals surface area contributed by atoms with E-state index in [1.807, 2.05) is 60.7 Å². The number of anilines is 2. The van der Waals surface area contributed by atoms with Crippen LogP contribution in [0.3, 0.4) is 0 Å². The molecule has 0 radical (unpaired) electrons. The molecule has 0 aliphatic carbocycles. The van der Waals surface area contributed by atoms with Crippen LogP contribution in [0.5, 0.6) is 0 Å². The lowest BCUT2D eigenvalue weighted by molar-refractivity contribution is 0.251. The Hall–Kier alpha value is -2.77. The Morgan fingerprint density at radius 3 is 2.62 bits per heavy atom. The summed E-state index contributed by atoms with van der Waals surface area (Å²) < 4.78 is 3.18. The number of nitrogens with one attached hydrogen (secondary N) is 2. The van der Waals surface area contributed by atoms with Gasteiger partial charge in [-0.2, -0.15) is 0 Å². The van der Waals surface area contributed by atoms with Crippen LogP contribution in [0.1, 0.15) is 5.56 Å². The van der Waals surface area contributed by atoms with Crippen LogP contribution in [0, 0.1) is 0 Å². The first-order chi connectivity index (χ1) is 14.2. The number of nitrogens with zero attached hydrogens (tertiary/aromatic N) is 2. The summed E-state index contributed by atoms with van der Waals surface area (Å²) in [5, 5.41) is 5.67. The smallest absolute Gasteiger partial charge is 0.319 e. The SMILES string of the molecule is C=CCN(Sc1ccccc1Br)c1ccc(NC(=O)NCc2cccnc2)cc1. The molecule has 0 saturated carbocycles. The molecule has 0 saturated heterocycles. The lowest BCUT2D eigenvalue weighted by atomic mass is 10.2. The number of hydrogen-bond acceptors (Lipinski definition) is 4. The first kappa shape index (κ1) is 21.0. The highest BCUT2D eigenvalue weighted by Gasteiger charge is 2.10. The standard InChI is InChI=1S/C22H21BrN4OS/c1-2-14-27(29-21-8-4-3-7-20(21)23)19-11-9-18(10-12-19)26-22(28)25-16-17-6-5-13-24-15-17/h2-13,15H,1,14,16H2,(H2,25,26,28). The Labute approximate surface area is 183 Å². The zero-order valence-corrected chi connectivity index (χ0v) is 18.1.